The smallest absolute Gasteiger partial charge is 0.254 e. The van der Waals surface area contributed by atoms with Gasteiger partial charge in [0.2, 0.25) is 0 Å². The maximum absolute atomic E-state index is 13.7. The summed E-state index contributed by atoms with van der Waals surface area (Å²) < 4.78 is 21.0. The van der Waals surface area contributed by atoms with Gasteiger partial charge in [-0.3, -0.25) is 9.20 Å². The Morgan fingerprint density at radius 2 is 2.12 bits per heavy atom. The molecule has 5 rings (SSSR count). The van der Waals surface area contributed by atoms with Crippen LogP contribution in [0.4, 0.5) is 10.1 Å². The van der Waals surface area contributed by atoms with E-state index in [1.165, 1.54) is 12.1 Å². The van der Waals surface area contributed by atoms with Gasteiger partial charge in [0, 0.05) is 55.9 Å². The summed E-state index contributed by atoms with van der Waals surface area (Å²) in [5, 5.41) is 16.4. The monoisotopic (exact) mass is 577 g/mol. The van der Waals surface area contributed by atoms with Crippen LogP contribution in [0.3, 0.4) is 0 Å². The Labute approximate surface area is 246 Å². The van der Waals surface area contributed by atoms with Crippen LogP contribution in [0.1, 0.15) is 36.7 Å². The number of aliphatic imine (C=N–C) groups is 1. The summed E-state index contributed by atoms with van der Waals surface area (Å²) in [6, 6.07) is 6.56. The van der Waals surface area contributed by atoms with Crippen molar-refractivity contribution in [2.75, 3.05) is 52.3 Å². The van der Waals surface area contributed by atoms with E-state index in [-0.39, 0.29) is 11.7 Å². The van der Waals surface area contributed by atoms with Gasteiger partial charge in [-0.15, -0.1) is 0 Å². The molecule has 0 aliphatic carbocycles. The number of aliphatic hydroxyl groups excluding tert-OH is 1. The predicted octanol–water partition coefficient (Wildman–Crippen LogP) is 3.89. The Balaban J connectivity index is 0.00000198. The van der Waals surface area contributed by atoms with E-state index in [0.717, 1.165) is 22.5 Å². The fourth-order valence-corrected chi connectivity index (χ4v) is 4.82. The lowest BCUT2D eigenvalue weighted by Gasteiger charge is -2.24. The molecule has 10 nitrogen and oxygen atoms in total. The third-order valence-electron chi connectivity index (χ3n) is 6.88. The number of hydrogen-bond acceptors (Lipinski definition) is 8. The largest absolute Gasteiger partial charge is 0.389 e. The Kier molecular flexibility index (Phi) is 10.5. The lowest BCUT2D eigenvalue weighted by Crippen LogP contribution is -2.31. The zero-order valence-electron chi connectivity index (χ0n) is 24.9. The molecule has 2 aliphatic heterocycles. The molecule has 2 aliphatic rings. The second kappa shape index (κ2) is 14.2. The van der Waals surface area contributed by atoms with Gasteiger partial charge in [0.25, 0.3) is 5.91 Å². The Morgan fingerprint density at radius 1 is 1.31 bits per heavy atom. The number of halogens is 1. The number of amides is 1. The van der Waals surface area contributed by atoms with Gasteiger partial charge in [0.1, 0.15) is 17.3 Å². The third kappa shape index (κ3) is 7.22. The number of aliphatic hydroxyl groups is 1. The Bertz CT molecular complexity index is 1500. The molecule has 42 heavy (non-hydrogen) atoms. The minimum Gasteiger partial charge on any atom is -0.389 e. The van der Waals surface area contributed by atoms with E-state index in [9.17, 15) is 14.3 Å². The first-order valence-corrected chi connectivity index (χ1v) is 14.2. The highest BCUT2D eigenvalue weighted by atomic mass is 19.1. The molecule has 1 aromatic carbocycles. The lowest BCUT2D eigenvalue weighted by atomic mass is 9.99. The standard InChI is InChI=1S/C29H34FN7O3.C2H6/c1-19(36-12-13-40-18-21(38)17-36)4-7-26(31-9-11-35(2)3)34-24-6-5-22(23-15-33-29(39)28(23)24)25-16-32-27-14-20(30)8-10-37(25)27;1-2/h4-10,14,16,21,34,38H,11-13,15,17-18H2,1-3H3,(H,33,39);1-2H3/b19-4+,26-7+,31-9+;. The number of pyridine rings is 1. The molecule has 0 radical (unpaired) electrons. The first kappa shape index (κ1) is 30.9. The van der Waals surface area contributed by atoms with Gasteiger partial charge in [-0.2, -0.15) is 0 Å². The number of aromatic nitrogens is 2. The quantitative estimate of drug-likeness (QED) is 0.276. The molecular formula is C31H40FN7O3. The average Bonchev–Trinajstić information content (AvgIpc) is 3.50. The zero-order chi connectivity index (χ0) is 30.2. The minimum absolute atomic E-state index is 0.180. The number of rotatable bonds is 8. The fourth-order valence-electron chi connectivity index (χ4n) is 4.82. The SMILES string of the molecule is CC.C\C(=C/C=C(\N=C\CN(C)C)Nc1ccc(-c2cnc3cc(F)ccn23)c2c1C(=O)NC2)N1CCOCC(O)C1. The van der Waals surface area contributed by atoms with E-state index in [2.05, 4.69) is 25.5 Å². The first-order chi connectivity index (χ1) is 20.3. The van der Waals surface area contributed by atoms with Crippen LogP contribution in [0.15, 0.2) is 65.3 Å². The summed E-state index contributed by atoms with van der Waals surface area (Å²) in [7, 11) is 3.92. The highest BCUT2D eigenvalue weighted by molar-refractivity contribution is 6.05. The lowest BCUT2D eigenvalue weighted by molar-refractivity contribution is 0.0574. The average molecular weight is 578 g/mol. The van der Waals surface area contributed by atoms with Gasteiger partial charge >= 0.3 is 0 Å². The van der Waals surface area contributed by atoms with Gasteiger partial charge < -0.3 is 30.3 Å². The molecule has 0 spiro atoms. The van der Waals surface area contributed by atoms with Crippen molar-refractivity contribution in [3.63, 3.8) is 0 Å². The highest BCUT2D eigenvalue weighted by Gasteiger charge is 2.27. The molecular weight excluding hydrogens is 537 g/mol. The molecule has 11 heteroatoms. The first-order valence-electron chi connectivity index (χ1n) is 14.2. The molecule has 1 fully saturated rings. The number of nitrogens with zero attached hydrogens (tertiary/aromatic N) is 5. The van der Waals surface area contributed by atoms with Crippen molar-refractivity contribution < 1.29 is 19.0 Å². The van der Waals surface area contributed by atoms with Crippen LogP contribution in [-0.4, -0.2) is 89.5 Å². The summed E-state index contributed by atoms with van der Waals surface area (Å²) in [5.41, 5.74) is 5.09. The van der Waals surface area contributed by atoms with E-state index in [4.69, 9.17) is 4.74 Å². The van der Waals surface area contributed by atoms with Crippen molar-refractivity contribution >= 4 is 23.5 Å². The van der Waals surface area contributed by atoms with E-state index < -0.39 is 6.10 Å². The Hall–Kier alpha value is -4.06. The van der Waals surface area contributed by atoms with Gasteiger partial charge in [-0.25, -0.2) is 14.4 Å². The maximum atomic E-state index is 13.7. The van der Waals surface area contributed by atoms with Crippen molar-refractivity contribution in [3.05, 3.63) is 77.3 Å². The van der Waals surface area contributed by atoms with Gasteiger partial charge in [-0.05, 0) is 50.9 Å². The summed E-state index contributed by atoms with van der Waals surface area (Å²) in [5.74, 6) is 0.0268. The van der Waals surface area contributed by atoms with E-state index >= 15 is 0 Å². The van der Waals surface area contributed by atoms with Crippen LogP contribution in [0, 0.1) is 5.82 Å². The summed E-state index contributed by atoms with van der Waals surface area (Å²) in [4.78, 5) is 26.1. The number of carbonyl (C=O) groups excluding carboxylic acids is 1. The summed E-state index contributed by atoms with van der Waals surface area (Å²) >= 11 is 0. The van der Waals surface area contributed by atoms with Crippen molar-refractivity contribution in [1.29, 1.82) is 0 Å². The molecule has 3 aromatic rings. The van der Waals surface area contributed by atoms with Crippen LogP contribution >= 0.6 is 0 Å². The number of imidazole rings is 1. The molecule has 224 valence electrons. The molecule has 1 unspecified atom stereocenters. The fraction of sp³-hybridized carbons (Fsp3) is 0.387. The number of benzene rings is 1. The predicted molar refractivity (Wildman–Crippen MR) is 164 cm³/mol. The van der Waals surface area contributed by atoms with Crippen LogP contribution in [0.5, 0.6) is 0 Å². The highest BCUT2D eigenvalue weighted by Crippen LogP contribution is 2.35. The molecule has 0 saturated carbocycles. The van der Waals surface area contributed by atoms with E-state index in [1.54, 1.807) is 18.6 Å². The number of ether oxygens (including phenoxy) is 1. The van der Waals surface area contributed by atoms with Crippen molar-refractivity contribution in [2.24, 2.45) is 4.99 Å². The van der Waals surface area contributed by atoms with Crippen LogP contribution in [0.2, 0.25) is 0 Å². The van der Waals surface area contributed by atoms with Crippen LogP contribution in [0.25, 0.3) is 16.9 Å². The second-order valence-electron chi connectivity index (χ2n) is 10.1. The number of hydrogen-bond donors (Lipinski definition) is 3. The maximum Gasteiger partial charge on any atom is 0.254 e. The minimum atomic E-state index is -0.544. The molecule has 3 N–H and O–H groups in total. The number of carbonyl (C=O) groups is 1. The van der Waals surface area contributed by atoms with Crippen LogP contribution in [-0.2, 0) is 11.3 Å². The van der Waals surface area contributed by atoms with Gasteiger partial charge in [0.05, 0.1) is 42.5 Å². The molecule has 2 aromatic heterocycles. The summed E-state index contributed by atoms with van der Waals surface area (Å²) in [6.07, 6.45) is 8.40. The van der Waals surface area contributed by atoms with E-state index in [1.807, 2.05) is 68.5 Å². The van der Waals surface area contributed by atoms with E-state index in [0.29, 0.717) is 62.1 Å². The number of allylic oxidation sites excluding steroid dienone is 3. The number of anilines is 1. The van der Waals surface area contributed by atoms with Crippen molar-refractivity contribution in [2.45, 2.75) is 33.4 Å². The van der Waals surface area contributed by atoms with Crippen molar-refractivity contribution in [3.8, 4) is 11.3 Å². The molecule has 1 amide bonds. The molecule has 4 heterocycles. The van der Waals surface area contributed by atoms with Crippen molar-refractivity contribution in [1.82, 2.24) is 24.5 Å². The second-order valence-corrected chi connectivity index (χ2v) is 10.1. The zero-order valence-corrected chi connectivity index (χ0v) is 24.9. The number of nitrogens with one attached hydrogen (secondary N) is 2. The summed E-state index contributed by atoms with van der Waals surface area (Å²) in [6.45, 7) is 9.05. The normalized spacial score (nSPS) is 17.8. The van der Waals surface area contributed by atoms with Crippen LogP contribution < -0.4 is 10.6 Å². The van der Waals surface area contributed by atoms with Gasteiger partial charge in [-0.1, -0.05) is 19.9 Å². The molecule has 1 saturated heterocycles. The molecule has 0 bridgehead atoms. The Morgan fingerprint density at radius 3 is 2.90 bits per heavy atom. The third-order valence-corrected chi connectivity index (χ3v) is 6.88. The topological polar surface area (TPSA) is 107 Å². The molecule has 1 atom stereocenters. The van der Waals surface area contributed by atoms with Gasteiger partial charge in [0.15, 0.2) is 0 Å². The number of β-amino-alcohol motifs (C(OH)–C–C–N with tert-alkyl or cyclic N) is 1. The number of fused-ring (bicyclic) bond motifs is 2.